The van der Waals surface area contributed by atoms with Gasteiger partial charge in [-0.3, -0.25) is 9.59 Å². The SMILES string of the molecule is CC(C)C(NC(=O)c1cccs1)C(=O)NCc1ccc(F)cc1. The molecule has 0 aliphatic heterocycles. The van der Waals surface area contributed by atoms with Gasteiger partial charge in [0, 0.05) is 6.54 Å². The van der Waals surface area contributed by atoms with Crippen LogP contribution in [0.15, 0.2) is 41.8 Å². The first kappa shape index (κ1) is 17.1. The third-order valence-corrected chi connectivity index (χ3v) is 4.23. The lowest BCUT2D eigenvalue weighted by Crippen LogP contribution is -2.49. The Balaban J connectivity index is 1.95. The number of thiophene rings is 1. The second kappa shape index (κ2) is 7.87. The highest BCUT2D eigenvalue weighted by Crippen LogP contribution is 2.10. The largest absolute Gasteiger partial charge is 0.350 e. The van der Waals surface area contributed by atoms with Crippen molar-refractivity contribution in [3.63, 3.8) is 0 Å². The quantitative estimate of drug-likeness (QED) is 0.853. The van der Waals surface area contributed by atoms with Crippen LogP contribution in [0.4, 0.5) is 4.39 Å². The monoisotopic (exact) mass is 334 g/mol. The fraction of sp³-hybridized carbons (Fsp3) is 0.294. The molecule has 0 fully saturated rings. The number of rotatable bonds is 6. The van der Waals surface area contributed by atoms with E-state index in [2.05, 4.69) is 10.6 Å². The van der Waals surface area contributed by atoms with Crippen LogP contribution in [0.3, 0.4) is 0 Å². The molecule has 4 nitrogen and oxygen atoms in total. The highest BCUT2D eigenvalue weighted by atomic mass is 32.1. The Morgan fingerprint density at radius 3 is 2.43 bits per heavy atom. The molecule has 2 amide bonds. The Bertz CT molecular complexity index is 654. The predicted molar refractivity (Wildman–Crippen MR) is 88.7 cm³/mol. The lowest BCUT2D eigenvalue weighted by molar-refractivity contribution is -0.124. The molecular weight excluding hydrogens is 315 g/mol. The number of benzene rings is 1. The first-order chi connectivity index (χ1) is 11.0. The summed E-state index contributed by atoms with van der Waals surface area (Å²) < 4.78 is 12.9. The summed E-state index contributed by atoms with van der Waals surface area (Å²) in [4.78, 5) is 25.0. The second-order valence-corrected chi connectivity index (χ2v) is 6.46. The van der Waals surface area contributed by atoms with Gasteiger partial charge in [0.25, 0.3) is 5.91 Å². The van der Waals surface area contributed by atoms with Crippen molar-refractivity contribution in [1.82, 2.24) is 10.6 Å². The van der Waals surface area contributed by atoms with Gasteiger partial charge in [-0.05, 0) is 35.1 Å². The molecule has 23 heavy (non-hydrogen) atoms. The summed E-state index contributed by atoms with van der Waals surface area (Å²) in [5.41, 5.74) is 0.798. The van der Waals surface area contributed by atoms with E-state index in [1.165, 1.54) is 23.5 Å². The van der Waals surface area contributed by atoms with Gasteiger partial charge in [-0.1, -0.05) is 32.0 Å². The Morgan fingerprint density at radius 2 is 1.87 bits per heavy atom. The van der Waals surface area contributed by atoms with Crippen LogP contribution in [0, 0.1) is 11.7 Å². The zero-order valence-electron chi connectivity index (χ0n) is 13.0. The zero-order chi connectivity index (χ0) is 16.8. The van der Waals surface area contributed by atoms with E-state index in [1.54, 1.807) is 24.3 Å². The summed E-state index contributed by atoms with van der Waals surface area (Å²) in [5, 5.41) is 7.35. The maximum Gasteiger partial charge on any atom is 0.262 e. The standard InChI is InChI=1S/C17H19FN2O2S/c1-11(2)15(20-16(21)14-4-3-9-23-14)17(22)19-10-12-5-7-13(18)8-6-12/h3-9,11,15H,10H2,1-2H3,(H,19,22)(H,20,21). The number of hydrogen-bond donors (Lipinski definition) is 2. The van der Waals surface area contributed by atoms with Crippen LogP contribution in [0.5, 0.6) is 0 Å². The van der Waals surface area contributed by atoms with Crippen molar-refractivity contribution in [1.29, 1.82) is 0 Å². The Morgan fingerprint density at radius 1 is 1.17 bits per heavy atom. The smallest absolute Gasteiger partial charge is 0.262 e. The Kier molecular flexibility index (Phi) is 5.87. The fourth-order valence-electron chi connectivity index (χ4n) is 2.06. The fourth-order valence-corrected chi connectivity index (χ4v) is 2.68. The van der Waals surface area contributed by atoms with Crippen molar-refractivity contribution in [3.05, 3.63) is 58.0 Å². The summed E-state index contributed by atoms with van der Waals surface area (Å²) in [7, 11) is 0. The minimum atomic E-state index is -0.620. The molecule has 6 heteroatoms. The summed E-state index contributed by atoms with van der Waals surface area (Å²) in [6.07, 6.45) is 0. The van der Waals surface area contributed by atoms with Crippen molar-refractivity contribution in [2.75, 3.05) is 0 Å². The van der Waals surface area contributed by atoms with Gasteiger partial charge >= 0.3 is 0 Å². The number of carbonyl (C=O) groups excluding carboxylic acids is 2. The molecule has 0 bridgehead atoms. The van der Waals surface area contributed by atoms with E-state index in [1.807, 2.05) is 19.2 Å². The molecule has 0 aliphatic carbocycles. The van der Waals surface area contributed by atoms with E-state index >= 15 is 0 Å². The van der Waals surface area contributed by atoms with Crippen LogP contribution in [0.1, 0.15) is 29.1 Å². The summed E-state index contributed by atoms with van der Waals surface area (Å²) in [6.45, 7) is 4.03. The zero-order valence-corrected chi connectivity index (χ0v) is 13.8. The third-order valence-electron chi connectivity index (χ3n) is 3.36. The maximum absolute atomic E-state index is 12.9. The number of nitrogens with one attached hydrogen (secondary N) is 2. The lowest BCUT2D eigenvalue weighted by Gasteiger charge is -2.21. The molecule has 2 N–H and O–H groups in total. The molecule has 2 aromatic rings. The van der Waals surface area contributed by atoms with E-state index in [4.69, 9.17) is 0 Å². The molecule has 1 aromatic carbocycles. The van der Waals surface area contributed by atoms with Gasteiger partial charge in [-0.25, -0.2) is 4.39 Å². The molecule has 1 unspecified atom stereocenters. The molecular formula is C17H19FN2O2S. The maximum atomic E-state index is 12.9. The van der Waals surface area contributed by atoms with E-state index in [0.29, 0.717) is 4.88 Å². The summed E-state index contributed by atoms with van der Waals surface area (Å²) >= 11 is 1.33. The highest BCUT2D eigenvalue weighted by Gasteiger charge is 2.24. The van der Waals surface area contributed by atoms with Crippen molar-refractivity contribution in [2.24, 2.45) is 5.92 Å². The minimum Gasteiger partial charge on any atom is -0.350 e. The van der Waals surface area contributed by atoms with Crippen LogP contribution < -0.4 is 10.6 Å². The van der Waals surface area contributed by atoms with Crippen molar-refractivity contribution < 1.29 is 14.0 Å². The van der Waals surface area contributed by atoms with Crippen LogP contribution in [0.25, 0.3) is 0 Å². The number of hydrogen-bond acceptors (Lipinski definition) is 3. The van der Waals surface area contributed by atoms with E-state index in [9.17, 15) is 14.0 Å². The molecule has 0 radical (unpaired) electrons. The molecule has 1 aromatic heterocycles. The Hall–Kier alpha value is -2.21. The second-order valence-electron chi connectivity index (χ2n) is 5.52. The van der Waals surface area contributed by atoms with E-state index in [-0.39, 0.29) is 30.1 Å². The Labute approximate surface area is 138 Å². The van der Waals surface area contributed by atoms with Crippen LogP contribution in [0.2, 0.25) is 0 Å². The number of carbonyl (C=O) groups is 2. The highest BCUT2D eigenvalue weighted by molar-refractivity contribution is 7.12. The summed E-state index contributed by atoms with van der Waals surface area (Å²) in [6, 6.07) is 8.81. The van der Waals surface area contributed by atoms with Crippen LogP contribution in [-0.4, -0.2) is 17.9 Å². The summed E-state index contributed by atoms with van der Waals surface area (Å²) in [5.74, 6) is -0.875. The van der Waals surface area contributed by atoms with Crippen molar-refractivity contribution >= 4 is 23.2 Å². The lowest BCUT2D eigenvalue weighted by atomic mass is 10.0. The third kappa shape index (κ3) is 4.89. The van der Waals surface area contributed by atoms with E-state index < -0.39 is 6.04 Å². The molecule has 0 aliphatic rings. The molecule has 2 rings (SSSR count). The molecule has 0 spiro atoms. The van der Waals surface area contributed by atoms with Gasteiger partial charge in [0.15, 0.2) is 0 Å². The normalized spacial score (nSPS) is 12.0. The van der Waals surface area contributed by atoms with Crippen molar-refractivity contribution in [3.8, 4) is 0 Å². The van der Waals surface area contributed by atoms with E-state index in [0.717, 1.165) is 5.56 Å². The topological polar surface area (TPSA) is 58.2 Å². The molecule has 122 valence electrons. The first-order valence-electron chi connectivity index (χ1n) is 7.34. The first-order valence-corrected chi connectivity index (χ1v) is 8.22. The van der Waals surface area contributed by atoms with Crippen LogP contribution in [-0.2, 0) is 11.3 Å². The van der Waals surface area contributed by atoms with Crippen LogP contribution >= 0.6 is 11.3 Å². The minimum absolute atomic E-state index is 0.0490. The molecule has 1 heterocycles. The average Bonchev–Trinajstić information content (AvgIpc) is 3.05. The van der Waals surface area contributed by atoms with Gasteiger partial charge in [0.1, 0.15) is 11.9 Å². The number of halogens is 1. The van der Waals surface area contributed by atoms with Gasteiger partial charge in [0.2, 0.25) is 5.91 Å². The average molecular weight is 334 g/mol. The van der Waals surface area contributed by atoms with Gasteiger partial charge in [-0.15, -0.1) is 11.3 Å². The predicted octanol–water partition coefficient (Wildman–Crippen LogP) is 2.96. The molecule has 1 atom stereocenters. The number of amides is 2. The van der Waals surface area contributed by atoms with Gasteiger partial charge in [-0.2, -0.15) is 0 Å². The molecule has 0 saturated carbocycles. The van der Waals surface area contributed by atoms with Gasteiger partial charge in [0.05, 0.1) is 4.88 Å². The van der Waals surface area contributed by atoms with Gasteiger partial charge < -0.3 is 10.6 Å². The molecule has 0 saturated heterocycles. The van der Waals surface area contributed by atoms with Crippen molar-refractivity contribution in [2.45, 2.75) is 26.4 Å².